The molecule has 1 fully saturated rings. The highest BCUT2D eigenvalue weighted by atomic mass is 35.5. The molecule has 7 nitrogen and oxygen atoms in total. The molecule has 0 saturated carbocycles. The summed E-state index contributed by atoms with van der Waals surface area (Å²) < 4.78 is 34.3. The number of aromatic nitrogens is 4. The first kappa shape index (κ1) is 27.8. The van der Waals surface area contributed by atoms with Gasteiger partial charge in [0.2, 0.25) is 11.8 Å². The quantitative estimate of drug-likeness (QED) is 0.346. The minimum Gasteiger partial charge on any atom is -0.416 e. The summed E-state index contributed by atoms with van der Waals surface area (Å²) in [6.45, 7) is 4.64. The molecule has 0 N–H and O–H groups in total. The lowest BCUT2D eigenvalue weighted by Crippen LogP contribution is -2.39. The van der Waals surface area contributed by atoms with Crippen LogP contribution in [-0.4, -0.2) is 44.1 Å². The Hall–Kier alpha value is -3.72. The third kappa shape index (κ3) is 6.20. The second-order valence-corrected chi connectivity index (χ2v) is 10.5. The summed E-state index contributed by atoms with van der Waals surface area (Å²) >= 11 is 6.17. The van der Waals surface area contributed by atoms with Gasteiger partial charge in [0.25, 0.3) is 5.89 Å². The van der Waals surface area contributed by atoms with Gasteiger partial charge in [-0.15, -0.1) is 10.2 Å². The van der Waals surface area contributed by atoms with E-state index in [-0.39, 0.29) is 23.8 Å². The molecule has 3 heterocycles. The average Bonchev–Trinajstić information content (AvgIpc) is 3.44. The van der Waals surface area contributed by atoms with E-state index >= 15 is 0 Å². The first-order valence-corrected chi connectivity index (χ1v) is 13.8. The Morgan fingerprint density at radius 3 is 2.58 bits per heavy atom. The van der Waals surface area contributed by atoms with Crippen LogP contribution < -0.4 is 0 Å². The van der Waals surface area contributed by atoms with Gasteiger partial charge in [0.15, 0.2) is 0 Å². The third-order valence-electron chi connectivity index (χ3n) is 7.31. The van der Waals surface area contributed by atoms with Crippen LogP contribution in [0.15, 0.2) is 52.0 Å². The zero-order valence-electron chi connectivity index (χ0n) is 22.5. The molecule has 0 unspecified atom stereocenters. The monoisotopic (exact) mass is 565 g/mol. The molecule has 5 rings (SSSR count). The maximum Gasteiger partial charge on any atom is 0.251 e. The lowest BCUT2D eigenvalue weighted by molar-refractivity contribution is -0.131. The van der Waals surface area contributed by atoms with Crippen molar-refractivity contribution in [1.82, 2.24) is 25.1 Å². The number of rotatable bonds is 5. The molecule has 1 aliphatic carbocycles. The Balaban J connectivity index is 1.35. The number of piperidine rings is 1. The number of likely N-dealkylation sites (tertiary alicyclic amines) is 1. The lowest BCUT2D eigenvalue weighted by Gasteiger charge is -2.32. The molecule has 1 saturated heterocycles. The largest absolute Gasteiger partial charge is 0.416 e. The Kier molecular flexibility index (Phi) is 8.49. The van der Waals surface area contributed by atoms with E-state index in [9.17, 15) is 13.6 Å². The van der Waals surface area contributed by atoms with Crippen LogP contribution in [0.25, 0.3) is 17.0 Å². The fourth-order valence-electron chi connectivity index (χ4n) is 5.24. The predicted molar refractivity (Wildman–Crippen MR) is 148 cm³/mol. The van der Waals surface area contributed by atoms with Gasteiger partial charge in [-0.1, -0.05) is 35.9 Å². The van der Waals surface area contributed by atoms with Crippen LogP contribution in [0.1, 0.15) is 66.7 Å². The van der Waals surface area contributed by atoms with Crippen molar-refractivity contribution < 1.29 is 18.0 Å². The molecule has 1 aliphatic heterocycles. The average molecular weight is 566 g/mol. The van der Waals surface area contributed by atoms with Crippen molar-refractivity contribution in [2.45, 2.75) is 58.3 Å². The highest BCUT2D eigenvalue weighted by Gasteiger charge is 2.30. The highest BCUT2D eigenvalue weighted by molar-refractivity contribution is 6.31. The van der Waals surface area contributed by atoms with Crippen LogP contribution in [0, 0.1) is 25.5 Å². The Morgan fingerprint density at radius 1 is 1.10 bits per heavy atom. The molecule has 1 amide bonds. The van der Waals surface area contributed by atoms with Gasteiger partial charge in [-0.05, 0) is 64.2 Å². The fraction of sp³-hybridized carbons (Fsp3) is 0.367. The number of benzene rings is 1. The van der Waals surface area contributed by atoms with E-state index in [0.717, 1.165) is 36.2 Å². The van der Waals surface area contributed by atoms with Gasteiger partial charge in [-0.25, -0.2) is 18.7 Å². The highest BCUT2D eigenvalue weighted by Crippen LogP contribution is 2.36. The molecule has 0 spiro atoms. The summed E-state index contributed by atoms with van der Waals surface area (Å²) in [5.74, 6) is -0.241. The van der Waals surface area contributed by atoms with E-state index in [4.69, 9.17) is 21.0 Å². The van der Waals surface area contributed by atoms with Crippen LogP contribution in [-0.2, 0) is 11.2 Å². The maximum absolute atomic E-state index is 14.1. The molecule has 0 radical (unpaired) electrons. The summed E-state index contributed by atoms with van der Waals surface area (Å²) in [6, 6.07) is 3.63. The van der Waals surface area contributed by atoms with Gasteiger partial charge in [-0.2, -0.15) is 0 Å². The second kappa shape index (κ2) is 12.2. The van der Waals surface area contributed by atoms with Crippen LogP contribution >= 0.6 is 11.6 Å². The Bertz CT molecular complexity index is 1490. The summed E-state index contributed by atoms with van der Waals surface area (Å²) in [6.07, 6.45) is 11.1. The molecular formula is C30H30ClF2N5O2. The van der Waals surface area contributed by atoms with Crippen molar-refractivity contribution in [3.63, 3.8) is 0 Å². The van der Waals surface area contributed by atoms with E-state index in [1.807, 2.05) is 38.2 Å². The number of hydrogen-bond acceptors (Lipinski definition) is 6. The molecule has 0 bridgehead atoms. The molecule has 208 valence electrons. The molecule has 3 aromatic rings. The van der Waals surface area contributed by atoms with E-state index in [2.05, 4.69) is 15.2 Å². The number of carbonyl (C=O) groups is 1. The van der Waals surface area contributed by atoms with Crippen molar-refractivity contribution in [2.24, 2.45) is 0 Å². The van der Waals surface area contributed by atoms with Crippen LogP contribution in [0.4, 0.5) is 8.78 Å². The topological polar surface area (TPSA) is 85.0 Å². The lowest BCUT2D eigenvalue weighted by atomic mass is 9.89. The van der Waals surface area contributed by atoms with Gasteiger partial charge in [0.05, 0.1) is 23.4 Å². The maximum atomic E-state index is 14.1. The normalized spacial score (nSPS) is 20.1. The Morgan fingerprint density at radius 2 is 1.82 bits per heavy atom. The number of hydrogen-bond donors (Lipinski definition) is 0. The number of amides is 1. The van der Waals surface area contributed by atoms with Crippen molar-refractivity contribution in [3.8, 4) is 11.5 Å². The van der Waals surface area contributed by atoms with E-state index in [0.29, 0.717) is 54.1 Å². The van der Waals surface area contributed by atoms with Gasteiger partial charge in [0.1, 0.15) is 17.5 Å². The van der Waals surface area contributed by atoms with E-state index in [1.54, 1.807) is 4.90 Å². The zero-order valence-corrected chi connectivity index (χ0v) is 23.2. The molecular weight excluding hydrogens is 536 g/mol. The smallest absolute Gasteiger partial charge is 0.251 e. The summed E-state index contributed by atoms with van der Waals surface area (Å²) in [4.78, 5) is 23.9. The second-order valence-electron chi connectivity index (χ2n) is 10.1. The predicted octanol–water partition coefficient (Wildman–Crippen LogP) is 6.62. The molecule has 10 heteroatoms. The van der Waals surface area contributed by atoms with Crippen LogP contribution in [0.2, 0.25) is 0 Å². The van der Waals surface area contributed by atoms with Crippen molar-refractivity contribution in [3.05, 3.63) is 87.8 Å². The van der Waals surface area contributed by atoms with Gasteiger partial charge >= 0.3 is 0 Å². The third-order valence-corrected chi connectivity index (χ3v) is 7.59. The van der Waals surface area contributed by atoms with Crippen molar-refractivity contribution in [2.75, 3.05) is 13.1 Å². The number of nitrogens with zero attached hydrogens (tertiary/aromatic N) is 5. The summed E-state index contributed by atoms with van der Waals surface area (Å²) in [5, 5.41) is 9.41. The first-order valence-electron chi connectivity index (χ1n) is 13.4. The molecule has 2 aliphatic rings. The Labute approximate surface area is 236 Å². The number of aryl methyl sites for hydroxylation is 2. The number of halogens is 3. The molecule has 1 aromatic carbocycles. The zero-order chi connectivity index (χ0) is 28.2. The number of carbonyl (C=O) groups excluding carboxylic acids is 1. The van der Waals surface area contributed by atoms with Crippen LogP contribution in [0.3, 0.4) is 0 Å². The minimum absolute atomic E-state index is 0.0280. The summed E-state index contributed by atoms with van der Waals surface area (Å²) in [7, 11) is 0. The molecule has 0 atom stereocenters. The minimum atomic E-state index is -0.707. The van der Waals surface area contributed by atoms with Crippen molar-refractivity contribution in [1.29, 1.82) is 0 Å². The van der Waals surface area contributed by atoms with Crippen LogP contribution in [0.5, 0.6) is 0 Å². The summed E-state index contributed by atoms with van der Waals surface area (Å²) in [5.41, 5.74) is 3.00. The van der Waals surface area contributed by atoms with E-state index < -0.39 is 11.6 Å². The van der Waals surface area contributed by atoms with Gasteiger partial charge < -0.3 is 9.32 Å². The SMILES string of the molecule is Cc1nc(C)c(-c2nnc(/C3=C/C=C\C(Cl)=C/CCC3)o2)c(C2CCN(C(=O)Cc3c(F)cccc3F)CC2)n1. The fourth-order valence-corrected chi connectivity index (χ4v) is 5.42. The van der Waals surface area contributed by atoms with Gasteiger partial charge in [0, 0.05) is 35.2 Å². The van der Waals surface area contributed by atoms with Crippen molar-refractivity contribution >= 4 is 23.1 Å². The van der Waals surface area contributed by atoms with E-state index in [1.165, 1.54) is 18.2 Å². The molecule has 2 aromatic heterocycles. The van der Waals surface area contributed by atoms with Gasteiger partial charge in [-0.3, -0.25) is 4.79 Å². The molecule has 40 heavy (non-hydrogen) atoms. The first-order chi connectivity index (χ1) is 19.3. The number of allylic oxidation sites excluding steroid dienone is 6. The standard InChI is InChI=1S/C30H30ClF2N5O2/c1-18-27(30-37-36-29(40-30)21-7-3-4-9-22(31)10-5-8-21)28(35-19(2)34-18)20-13-15-38(16-14-20)26(39)17-23-24(32)11-6-12-25(23)33/h5-6,8-12,20H,3-4,7,13-17H2,1-2H3/b10-5-,21-8+,22-9+.